The van der Waals surface area contributed by atoms with Crippen LogP contribution in [0.1, 0.15) is 22.8 Å². The molecule has 0 bridgehead atoms. The Morgan fingerprint density at radius 1 is 1.25 bits per heavy atom. The molecule has 106 valence electrons. The van der Waals surface area contributed by atoms with E-state index in [-0.39, 0.29) is 0 Å². The number of thiophene rings is 1. The van der Waals surface area contributed by atoms with E-state index in [4.69, 9.17) is 0 Å². The minimum absolute atomic E-state index is 0.344. The van der Waals surface area contributed by atoms with Crippen molar-refractivity contribution in [2.75, 3.05) is 6.54 Å². The highest BCUT2D eigenvalue weighted by Crippen LogP contribution is 2.48. The lowest BCUT2D eigenvalue weighted by Crippen LogP contribution is -2.26. The van der Waals surface area contributed by atoms with Crippen LogP contribution in [-0.4, -0.2) is 15.0 Å². The molecular formula is C15H17NO2S2. The first kappa shape index (κ1) is 13.8. The van der Waals surface area contributed by atoms with Crippen LogP contribution in [0.15, 0.2) is 46.7 Å². The maximum absolute atomic E-state index is 12.2. The van der Waals surface area contributed by atoms with Gasteiger partial charge in [0.25, 0.3) is 0 Å². The summed E-state index contributed by atoms with van der Waals surface area (Å²) in [5.41, 5.74) is 1.06. The smallest absolute Gasteiger partial charge is 0.211 e. The zero-order valence-corrected chi connectivity index (χ0v) is 12.9. The normalized spacial score (nSPS) is 21.9. The van der Waals surface area contributed by atoms with E-state index in [0.717, 1.165) is 12.0 Å². The fourth-order valence-corrected chi connectivity index (χ4v) is 4.37. The lowest BCUT2D eigenvalue weighted by Gasteiger charge is -2.06. The number of rotatable bonds is 5. The highest BCUT2D eigenvalue weighted by molar-refractivity contribution is 7.89. The fourth-order valence-electron chi connectivity index (χ4n) is 2.34. The third-order valence-corrected chi connectivity index (χ3v) is 6.14. The van der Waals surface area contributed by atoms with E-state index in [9.17, 15) is 8.42 Å². The number of aryl methyl sites for hydroxylation is 1. The Kier molecular flexibility index (Phi) is 3.67. The van der Waals surface area contributed by atoms with Crippen LogP contribution in [0.5, 0.6) is 0 Å². The molecule has 1 aromatic heterocycles. The third-order valence-electron chi connectivity index (χ3n) is 3.70. The lowest BCUT2D eigenvalue weighted by molar-refractivity contribution is 0.576. The second kappa shape index (κ2) is 5.31. The van der Waals surface area contributed by atoms with Crippen LogP contribution in [0, 0.1) is 12.8 Å². The minimum atomic E-state index is -3.37. The van der Waals surface area contributed by atoms with Gasteiger partial charge in [0.05, 0.1) is 4.90 Å². The monoisotopic (exact) mass is 307 g/mol. The van der Waals surface area contributed by atoms with Crippen molar-refractivity contribution in [3.05, 3.63) is 52.2 Å². The average molecular weight is 307 g/mol. The molecule has 2 unspecified atom stereocenters. The van der Waals surface area contributed by atoms with Crippen LogP contribution in [-0.2, 0) is 10.0 Å². The van der Waals surface area contributed by atoms with Gasteiger partial charge >= 0.3 is 0 Å². The summed E-state index contributed by atoms with van der Waals surface area (Å²) in [7, 11) is -3.37. The summed E-state index contributed by atoms with van der Waals surface area (Å²) < 4.78 is 27.0. The molecule has 2 atom stereocenters. The molecule has 3 rings (SSSR count). The summed E-state index contributed by atoms with van der Waals surface area (Å²) in [4.78, 5) is 1.71. The SMILES string of the molecule is Cc1ccc(S(=O)(=O)NCC2CC2c2cccs2)cc1. The van der Waals surface area contributed by atoms with Gasteiger partial charge in [0.1, 0.15) is 0 Å². The molecule has 0 radical (unpaired) electrons. The first-order valence-electron chi connectivity index (χ1n) is 6.66. The first-order valence-corrected chi connectivity index (χ1v) is 9.02. The van der Waals surface area contributed by atoms with E-state index in [1.54, 1.807) is 23.5 Å². The molecule has 1 N–H and O–H groups in total. The molecule has 0 aliphatic heterocycles. The van der Waals surface area contributed by atoms with Crippen molar-refractivity contribution in [3.63, 3.8) is 0 Å². The summed E-state index contributed by atoms with van der Waals surface area (Å²) in [6.07, 6.45) is 1.08. The first-order chi connectivity index (χ1) is 9.56. The van der Waals surface area contributed by atoms with E-state index < -0.39 is 10.0 Å². The summed E-state index contributed by atoms with van der Waals surface area (Å²) in [5.74, 6) is 0.976. The molecule has 2 aromatic rings. The van der Waals surface area contributed by atoms with Crippen molar-refractivity contribution in [3.8, 4) is 0 Å². The summed E-state index contributed by atoms with van der Waals surface area (Å²) in [5, 5.41) is 2.07. The van der Waals surface area contributed by atoms with Gasteiger partial charge in [0, 0.05) is 11.4 Å². The molecule has 1 aromatic carbocycles. The summed E-state index contributed by atoms with van der Waals surface area (Å²) in [6, 6.07) is 11.1. The standard InChI is InChI=1S/C15H17NO2S2/c1-11-4-6-13(7-5-11)20(17,18)16-10-12-9-14(12)15-3-2-8-19-15/h2-8,12,14,16H,9-10H2,1H3. The Morgan fingerprint density at radius 3 is 2.65 bits per heavy atom. The number of sulfonamides is 1. The zero-order chi connectivity index (χ0) is 14.2. The highest BCUT2D eigenvalue weighted by atomic mass is 32.2. The van der Waals surface area contributed by atoms with Crippen LogP contribution in [0.3, 0.4) is 0 Å². The van der Waals surface area contributed by atoms with Crippen LogP contribution in [0.2, 0.25) is 0 Å². The van der Waals surface area contributed by atoms with Crippen molar-refractivity contribution in [1.29, 1.82) is 0 Å². The molecule has 5 heteroatoms. The zero-order valence-electron chi connectivity index (χ0n) is 11.2. The molecule has 1 saturated carbocycles. The van der Waals surface area contributed by atoms with Gasteiger partial charge < -0.3 is 0 Å². The van der Waals surface area contributed by atoms with Crippen LogP contribution in [0.4, 0.5) is 0 Å². The van der Waals surface area contributed by atoms with Gasteiger partial charge in [-0.3, -0.25) is 0 Å². The number of hydrogen-bond acceptors (Lipinski definition) is 3. The maximum atomic E-state index is 12.2. The second-order valence-corrected chi connectivity index (χ2v) is 8.03. The van der Waals surface area contributed by atoms with Crippen LogP contribution < -0.4 is 4.72 Å². The molecule has 0 spiro atoms. The number of benzene rings is 1. The largest absolute Gasteiger partial charge is 0.240 e. The molecule has 20 heavy (non-hydrogen) atoms. The third kappa shape index (κ3) is 2.95. The molecule has 3 nitrogen and oxygen atoms in total. The molecular weight excluding hydrogens is 290 g/mol. The van der Waals surface area contributed by atoms with Crippen LogP contribution in [0.25, 0.3) is 0 Å². The predicted octanol–water partition coefficient (Wildman–Crippen LogP) is 3.14. The Hall–Kier alpha value is -1.17. The average Bonchev–Trinajstić information content (AvgIpc) is 3.00. The van der Waals surface area contributed by atoms with Gasteiger partial charge in [-0.15, -0.1) is 11.3 Å². The highest BCUT2D eigenvalue weighted by Gasteiger charge is 2.39. The molecule has 1 fully saturated rings. The van der Waals surface area contributed by atoms with Gasteiger partial charge in [-0.1, -0.05) is 23.8 Å². The Morgan fingerprint density at radius 2 is 2.00 bits per heavy atom. The van der Waals surface area contributed by atoms with Crippen molar-refractivity contribution in [2.45, 2.75) is 24.2 Å². The van der Waals surface area contributed by atoms with E-state index in [1.807, 2.05) is 25.1 Å². The molecule has 1 aliphatic rings. The molecule has 1 aliphatic carbocycles. The van der Waals surface area contributed by atoms with Gasteiger partial charge in [-0.05, 0) is 48.8 Å². The Bertz CT molecular complexity index is 675. The van der Waals surface area contributed by atoms with Crippen molar-refractivity contribution >= 4 is 21.4 Å². The Labute approximate surface area is 123 Å². The topological polar surface area (TPSA) is 46.2 Å². The Balaban J connectivity index is 1.60. The van der Waals surface area contributed by atoms with Crippen LogP contribution >= 0.6 is 11.3 Å². The number of hydrogen-bond donors (Lipinski definition) is 1. The van der Waals surface area contributed by atoms with E-state index in [1.165, 1.54) is 4.88 Å². The van der Waals surface area contributed by atoms with Gasteiger partial charge in [0.2, 0.25) is 10.0 Å². The second-order valence-electron chi connectivity index (χ2n) is 5.28. The lowest BCUT2D eigenvalue weighted by atomic mass is 10.2. The molecule has 0 amide bonds. The fraction of sp³-hybridized carbons (Fsp3) is 0.333. The minimum Gasteiger partial charge on any atom is -0.211 e. The predicted molar refractivity (Wildman–Crippen MR) is 81.5 cm³/mol. The van der Waals surface area contributed by atoms with E-state index in [0.29, 0.717) is 23.3 Å². The van der Waals surface area contributed by atoms with Gasteiger partial charge in [-0.25, -0.2) is 13.1 Å². The summed E-state index contributed by atoms with van der Waals surface area (Å²) >= 11 is 1.75. The quantitative estimate of drug-likeness (QED) is 0.922. The number of nitrogens with one attached hydrogen (secondary N) is 1. The van der Waals surface area contributed by atoms with Gasteiger partial charge in [0.15, 0.2) is 0 Å². The van der Waals surface area contributed by atoms with E-state index >= 15 is 0 Å². The maximum Gasteiger partial charge on any atom is 0.240 e. The van der Waals surface area contributed by atoms with E-state index in [2.05, 4.69) is 16.2 Å². The van der Waals surface area contributed by atoms with Crippen molar-refractivity contribution in [1.82, 2.24) is 4.72 Å². The van der Waals surface area contributed by atoms with Gasteiger partial charge in [-0.2, -0.15) is 0 Å². The molecule has 0 saturated heterocycles. The van der Waals surface area contributed by atoms with Crippen molar-refractivity contribution < 1.29 is 8.42 Å². The summed E-state index contributed by atoms with van der Waals surface area (Å²) in [6.45, 7) is 2.47. The van der Waals surface area contributed by atoms with Crippen molar-refractivity contribution in [2.24, 2.45) is 5.92 Å². The molecule has 1 heterocycles.